The number of nitrogens with zero attached hydrogens (tertiary/aromatic N) is 3. The normalized spacial score (nSPS) is 14.9. The fraction of sp³-hybridized carbons (Fsp3) is 0.0250. The van der Waals surface area contributed by atoms with E-state index in [1.807, 2.05) is 0 Å². The van der Waals surface area contributed by atoms with Gasteiger partial charge >= 0.3 is 0 Å². The van der Waals surface area contributed by atoms with Crippen LogP contribution in [0.25, 0.3) is 88.4 Å². The van der Waals surface area contributed by atoms with Crippen LogP contribution < -0.4 is 4.90 Å². The lowest BCUT2D eigenvalue weighted by molar-refractivity contribution is 0.748. The van der Waals surface area contributed by atoms with Gasteiger partial charge in [-0.3, -0.25) is 0 Å². The molecule has 3 heteroatoms. The first kappa shape index (κ1) is 46.1. The van der Waals surface area contributed by atoms with E-state index in [1.165, 1.54) is 122 Å². The van der Waals surface area contributed by atoms with E-state index in [4.69, 9.17) is 0 Å². The molecule has 0 bridgehead atoms. The number of hydrogen-bond acceptors (Lipinski definition) is 1. The maximum absolute atomic E-state index is 2.53. The van der Waals surface area contributed by atoms with Crippen molar-refractivity contribution < 1.29 is 0 Å². The van der Waals surface area contributed by atoms with Crippen LogP contribution in [0.3, 0.4) is 0 Å². The Morgan fingerprint density at radius 1 is 0.253 bits per heavy atom. The van der Waals surface area contributed by atoms with Gasteiger partial charge in [0.2, 0.25) is 0 Å². The van der Waals surface area contributed by atoms with Crippen molar-refractivity contribution in [2.45, 2.75) is 10.8 Å². The highest BCUT2D eigenvalue weighted by Crippen LogP contribution is 2.62. The van der Waals surface area contributed by atoms with E-state index in [2.05, 4.69) is 323 Å². The Labute approximate surface area is 481 Å². The largest absolute Gasteiger partial charge is 0.310 e. The first-order valence-corrected chi connectivity index (χ1v) is 28.9. The summed E-state index contributed by atoms with van der Waals surface area (Å²) in [5, 5.41) is 5.03. The molecule has 18 rings (SSSR count). The zero-order chi connectivity index (χ0) is 54.4. The number of anilines is 3. The molecule has 0 saturated carbocycles. The number of fused-ring (bicyclic) bond motifs is 18. The predicted molar refractivity (Wildman–Crippen MR) is 343 cm³/mol. The Hall–Kier alpha value is -10.7. The van der Waals surface area contributed by atoms with E-state index in [-0.39, 0.29) is 0 Å². The Balaban J connectivity index is 0.847. The van der Waals surface area contributed by atoms with E-state index in [0.717, 1.165) is 28.3 Å². The van der Waals surface area contributed by atoms with Crippen LogP contribution in [-0.4, -0.2) is 9.13 Å². The van der Waals surface area contributed by atoms with E-state index in [1.54, 1.807) is 0 Å². The van der Waals surface area contributed by atoms with Crippen LogP contribution in [0, 0.1) is 0 Å². The molecule has 1 unspecified atom stereocenters. The van der Waals surface area contributed by atoms with Gasteiger partial charge in [0, 0.05) is 44.3 Å². The SMILES string of the molecule is c1ccc(-n2c3ccccc3c3cc(-c4ccc(N(c5ccc(C6(c7ccccc7)c7ccccc7-c7ccccc76)cc5)c5ccc6c(c5)C5(c7ccccc7-6)c6ccccc6-n6c7ccccc7c7cccc5c76)cc4)ccc32)cc1. The van der Waals surface area contributed by atoms with E-state index in [9.17, 15) is 0 Å². The van der Waals surface area contributed by atoms with Crippen molar-refractivity contribution in [3.8, 4) is 44.8 Å². The average Bonchev–Trinajstić information content (AvgIpc) is 1.70. The van der Waals surface area contributed by atoms with Crippen LogP contribution >= 0.6 is 0 Å². The molecule has 0 radical (unpaired) electrons. The van der Waals surface area contributed by atoms with Crippen molar-refractivity contribution >= 4 is 60.7 Å². The van der Waals surface area contributed by atoms with E-state index >= 15 is 0 Å². The number of rotatable bonds is 7. The third-order valence-corrected chi connectivity index (χ3v) is 18.8. The Kier molecular flexibility index (Phi) is 9.64. The van der Waals surface area contributed by atoms with Crippen molar-refractivity contribution in [1.29, 1.82) is 0 Å². The number of hydrogen-bond donors (Lipinski definition) is 0. The second-order valence-electron chi connectivity index (χ2n) is 22.7. The Morgan fingerprint density at radius 3 is 1.41 bits per heavy atom. The highest BCUT2D eigenvalue weighted by atomic mass is 15.1. The summed E-state index contributed by atoms with van der Waals surface area (Å²) in [5.41, 5.74) is 27.2. The van der Waals surface area contributed by atoms with Gasteiger partial charge in [-0.25, -0.2) is 0 Å². The third-order valence-electron chi connectivity index (χ3n) is 18.8. The number of para-hydroxylation sites is 5. The van der Waals surface area contributed by atoms with Crippen molar-refractivity contribution in [2.24, 2.45) is 0 Å². The topological polar surface area (TPSA) is 13.1 Å². The molecule has 3 heterocycles. The maximum Gasteiger partial charge on any atom is 0.0755 e. The fourth-order valence-corrected chi connectivity index (χ4v) is 15.5. The lowest BCUT2D eigenvalue weighted by atomic mass is 9.65. The molecule has 0 N–H and O–H groups in total. The van der Waals surface area contributed by atoms with Crippen molar-refractivity contribution in [3.63, 3.8) is 0 Å². The summed E-state index contributed by atoms with van der Waals surface area (Å²) in [6.45, 7) is 0. The van der Waals surface area contributed by atoms with Crippen molar-refractivity contribution in [1.82, 2.24) is 9.13 Å². The molecular formula is C80H51N3. The molecule has 0 amide bonds. The lowest BCUT2D eigenvalue weighted by Crippen LogP contribution is -2.33. The molecule has 1 atom stereocenters. The summed E-state index contributed by atoms with van der Waals surface area (Å²) < 4.78 is 4.92. The minimum absolute atomic E-state index is 0.516. The molecular weight excluding hydrogens is 1000 g/mol. The second-order valence-corrected chi connectivity index (χ2v) is 22.7. The summed E-state index contributed by atoms with van der Waals surface area (Å²) in [6.07, 6.45) is 0. The minimum Gasteiger partial charge on any atom is -0.310 e. The molecule has 15 aromatic rings. The standard InChI is InChI=1S/C80H51N3/c1-3-20-54(21-4-1)79(68-30-12-7-24-60(68)61-25-8-13-31-69(61)79)55-41-45-58(46-42-55)81(57-43-38-52(39-44-57)53-40-49-76-67(50-53)65-28-11-16-35-74(65)82(76)56-22-5-2-6-23-56)59-47-48-63-62-26-9-14-32-70(62)80(73(63)51-59)71-33-15-18-37-77(71)83-75-36-17-10-27-64(75)66-29-19-34-72(80)78(66)83/h1-51H. The quantitative estimate of drug-likeness (QED) is 0.155. The molecule has 386 valence electrons. The van der Waals surface area contributed by atoms with Crippen LogP contribution in [0.5, 0.6) is 0 Å². The van der Waals surface area contributed by atoms with Gasteiger partial charge in [0.1, 0.15) is 0 Å². The molecule has 2 aromatic heterocycles. The lowest BCUT2D eigenvalue weighted by Gasteiger charge is -2.40. The highest BCUT2D eigenvalue weighted by molar-refractivity contribution is 6.13. The predicted octanol–water partition coefficient (Wildman–Crippen LogP) is 20.1. The van der Waals surface area contributed by atoms with Gasteiger partial charge in [0.05, 0.1) is 38.6 Å². The summed E-state index contributed by atoms with van der Waals surface area (Å²) in [6, 6.07) is 116. The molecule has 0 saturated heterocycles. The zero-order valence-corrected chi connectivity index (χ0v) is 45.3. The van der Waals surface area contributed by atoms with Crippen molar-refractivity contribution in [3.05, 3.63) is 354 Å². The number of aromatic nitrogens is 2. The third kappa shape index (κ3) is 6.18. The van der Waals surface area contributed by atoms with Gasteiger partial charge < -0.3 is 14.0 Å². The molecule has 83 heavy (non-hydrogen) atoms. The zero-order valence-electron chi connectivity index (χ0n) is 45.3. The fourth-order valence-electron chi connectivity index (χ4n) is 15.5. The van der Waals surface area contributed by atoms with Gasteiger partial charge in [-0.2, -0.15) is 0 Å². The highest BCUT2D eigenvalue weighted by Gasteiger charge is 2.51. The molecule has 3 nitrogen and oxygen atoms in total. The van der Waals surface area contributed by atoms with Crippen LogP contribution in [-0.2, 0) is 10.8 Å². The summed E-state index contributed by atoms with van der Waals surface area (Å²) in [4.78, 5) is 2.49. The van der Waals surface area contributed by atoms with Crippen LogP contribution in [0.15, 0.2) is 309 Å². The van der Waals surface area contributed by atoms with Gasteiger partial charge in [-0.05, 0) is 157 Å². The molecule has 3 aliphatic rings. The molecule has 1 aliphatic heterocycles. The summed E-state index contributed by atoms with van der Waals surface area (Å²) >= 11 is 0. The van der Waals surface area contributed by atoms with Crippen LogP contribution in [0.4, 0.5) is 17.1 Å². The maximum atomic E-state index is 2.53. The monoisotopic (exact) mass is 1050 g/mol. The van der Waals surface area contributed by atoms with Gasteiger partial charge in [0.25, 0.3) is 0 Å². The number of benzene rings is 13. The molecule has 13 aromatic carbocycles. The van der Waals surface area contributed by atoms with E-state index < -0.39 is 10.8 Å². The van der Waals surface area contributed by atoms with Gasteiger partial charge in [-0.15, -0.1) is 0 Å². The van der Waals surface area contributed by atoms with E-state index in [0.29, 0.717) is 0 Å². The summed E-state index contributed by atoms with van der Waals surface area (Å²) in [5.74, 6) is 0. The first-order valence-electron chi connectivity index (χ1n) is 28.9. The Morgan fingerprint density at radius 2 is 0.723 bits per heavy atom. The first-order chi connectivity index (χ1) is 41.2. The van der Waals surface area contributed by atoms with Crippen molar-refractivity contribution in [2.75, 3.05) is 4.90 Å². The smallest absolute Gasteiger partial charge is 0.0755 e. The van der Waals surface area contributed by atoms with Crippen LogP contribution in [0.1, 0.15) is 44.5 Å². The molecule has 1 spiro atoms. The van der Waals surface area contributed by atoms with Gasteiger partial charge in [0.15, 0.2) is 0 Å². The Bertz CT molecular complexity index is 5100. The average molecular weight is 1050 g/mol. The minimum atomic E-state index is -0.602. The van der Waals surface area contributed by atoms with Crippen LogP contribution in [0.2, 0.25) is 0 Å². The second kappa shape index (κ2) is 17.4. The summed E-state index contributed by atoms with van der Waals surface area (Å²) in [7, 11) is 0. The molecule has 2 aliphatic carbocycles. The van der Waals surface area contributed by atoms with Gasteiger partial charge in [-0.1, -0.05) is 231 Å². The molecule has 0 fully saturated rings.